The number of fused-ring (bicyclic) bond motifs is 5. The van der Waals surface area contributed by atoms with Crippen LogP contribution < -0.4 is 0 Å². The van der Waals surface area contributed by atoms with Gasteiger partial charge in [-0.1, -0.05) is 146 Å². The van der Waals surface area contributed by atoms with Crippen molar-refractivity contribution in [2.24, 2.45) is 0 Å². The second kappa shape index (κ2) is 12.0. The Kier molecular flexibility index (Phi) is 6.91. The minimum Gasteiger partial charge on any atom is -0.460 e. The lowest BCUT2D eigenvalue weighted by atomic mass is 9.93. The first-order chi connectivity index (χ1) is 25.3. The third-order valence-electron chi connectivity index (χ3n) is 9.99. The van der Waals surface area contributed by atoms with Crippen molar-refractivity contribution in [1.82, 2.24) is 15.0 Å². The quantitative estimate of drug-likeness (QED) is 0.185. The minimum absolute atomic E-state index is 0.620. The molecule has 4 heteroatoms. The molecule has 0 amide bonds. The molecule has 2 aromatic heterocycles. The average molecular weight is 654 g/mol. The SMILES string of the molecule is C1=Cc2c(oc3c(-c4cccc5ccccc45)ccc(-c4nc(-c5ccccc5)nc(-c5ccc(-c6ccc7ccccc7c6)cc5)n4)c23)CC1. The van der Waals surface area contributed by atoms with Crippen LogP contribution >= 0.6 is 0 Å². The summed E-state index contributed by atoms with van der Waals surface area (Å²) < 4.78 is 6.78. The van der Waals surface area contributed by atoms with E-state index in [1.807, 2.05) is 30.3 Å². The second-order valence-corrected chi connectivity index (χ2v) is 13.1. The molecule has 10 rings (SSSR count). The number of hydrogen-bond donors (Lipinski definition) is 0. The Hall–Kier alpha value is -6.65. The normalized spacial score (nSPS) is 12.5. The van der Waals surface area contributed by atoms with Gasteiger partial charge >= 0.3 is 0 Å². The van der Waals surface area contributed by atoms with Crippen LogP contribution in [-0.2, 0) is 6.42 Å². The maximum atomic E-state index is 6.78. The third-order valence-corrected chi connectivity index (χ3v) is 9.99. The first kappa shape index (κ1) is 29.3. The summed E-state index contributed by atoms with van der Waals surface area (Å²) in [7, 11) is 0. The Labute approximate surface area is 295 Å². The van der Waals surface area contributed by atoms with Crippen molar-refractivity contribution in [2.45, 2.75) is 12.8 Å². The topological polar surface area (TPSA) is 51.8 Å². The number of benzene rings is 7. The summed E-state index contributed by atoms with van der Waals surface area (Å²) in [6.07, 6.45) is 6.25. The molecule has 0 atom stereocenters. The molecule has 1 aliphatic carbocycles. The van der Waals surface area contributed by atoms with E-state index in [1.54, 1.807) is 0 Å². The van der Waals surface area contributed by atoms with Crippen molar-refractivity contribution in [3.05, 3.63) is 169 Å². The Morgan fingerprint density at radius 2 is 1.10 bits per heavy atom. The summed E-state index contributed by atoms with van der Waals surface area (Å²) in [6.45, 7) is 0. The van der Waals surface area contributed by atoms with Gasteiger partial charge in [-0.25, -0.2) is 15.0 Å². The highest BCUT2D eigenvalue weighted by Crippen LogP contribution is 2.43. The van der Waals surface area contributed by atoms with Crippen LogP contribution in [0.3, 0.4) is 0 Å². The number of allylic oxidation sites excluding steroid dienone is 1. The summed E-state index contributed by atoms with van der Waals surface area (Å²) in [5, 5.41) is 5.89. The minimum atomic E-state index is 0.620. The fourth-order valence-corrected chi connectivity index (χ4v) is 7.43. The van der Waals surface area contributed by atoms with E-state index in [0.29, 0.717) is 17.5 Å². The van der Waals surface area contributed by atoms with Crippen LogP contribution in [0.2, 0.25) is 0 Å². The number of rotatable bonds is 5. The number of nitrogens with zero attached hydrogens (tertiary/aromatic N) is 3. The van der Waals surface area contributed by atoms with Crippen molar-refractivity contribution in [3.63, 3.8) is 0 Å². The van der Waals surface area contributed by atoms with Gasteiger partial charge in [-0.15, -0.1) is 0 Å². The van der Waals surface area contributed by atoms with E-state index < -0.39 is 0 Å². The van der Waals surface area contributed by atoms with Crippen LogP contribution in [0, 0.1) is 0 Å². The highest BCUT2D eigenvalue weighted by molar-refractivity contribution is 6.10. The molecular weight excluding hydrogens is 623 g/mol. The molecule has 0 aliphatic heterocycles. The Bertz CT molecular complexity index is 2790. The van der Waals surface area contributed by atoms with E-state index in [-0.39, 0.29) is 0 Å². The molecule has 0 bridgehead atoms. The monoisotopic (exact) mass is 653 g/mol. The van der Waals surface area contributed by atoms with E-state index in [1.165, 1.54) is 27.1 Å². The highest BCUT2D eigenvalue weighted by atomic mass is 16.3. The van der Waals surface area contributed by atoms with Gasteiger partial charge in [-0.05, 0) is 62.9 Å². The largest absolute Gasteiger partial charge is 0.460 e. The molecule has 0 saturated carbocycles. The third kappa shape index (κ3) is 5.12. The van der Waals surface area contributed by atoms with E-state index in [0.717, 1.165) is 68.5 Å². The number of aromatic nitrogens is 3. The molecule has 51 heavy (non-hydrogen) atoms. The summed E-state index contributed by atoms with van der Waals surface area (Å²) in [5.74, 6) is 2.88. The van der Waals surface area contributed by atoms with E-state index in [4.69, 9.17) is 19.4 Å². The molecule has 0 saturated heterocycles. The van der Waals surface area contributed by atoms with Crippen molar-refractivity contribution < 1.29 is 4.42 Å². The molecule has 1 aliphatic rings. The molecule has 9 aromatic rings. The van der Waals surface area contributed by atoms with Crippen LogP contribution in [0.25, 0.3) is 95.0 Å². The van der Waals surface area contributed by atoms with Gasteiger partial charge in [0, 0.05) is 39.6 Å². The fraction of sp³-hybridized carbons (Fsp3) is 0.0426. The van der Waals surface area contributed by atoms with Crippen LogP contribution in [0.15, 0.2) is 162 Å². The number of furan rings is 1. The molecular formula is C47H31N3O. The fourth-order valence-electron chi connectivity index (χ4n) is 7.43. The second-order valence-electron chi connectivity index (χ2n) is 13.1. The Balaban J connectivity index is 1.15. The molecule has 0 fully saturated rings. The van der Waals surface area contributed by atoms with Crippen LogP contribution in [0.1, 0.15) is 17.7 Å². The first-order valence-corrected chi connectivity index (χ1v) is 17.4. The van der Waals surface area contributed by atoms with E-state index in [2.05, 4.69) is 133 Å². The molecule has 2 heterocycles. The van der Waals surface area contributed by atoms with Gasteiger partial charge in [0.25, 0.3) is 0 Å². The van der Waals surface area contributed by atoms with Gasteiger partial charge in [0.1, 0.15) is 11.3 Å². The maximum Gasteiger partial charge on any atom is 0.164 e. The van der Waals surface area contributed by atoms with Gasteiger partial charge in [0.05, 0.1) is 0 Å². The van der Waals surface area contributed by atoms with Crippen molar-refractivity contribution in [3.8, 4) is 56.4 Å². The lowest BCUT2D eigenvalue weighted by Crippen LogP contribution is -2.01. The Morgan fingerprint density at radius 1 is 0.451 bits per heavy atom. The molecule has 0 spiro atoms. The van der Waals surface area contributed by atoms with Gasteiger partial charge < -0.3 is 4.42 Å². The van der Waals surface area contributed by atoms with Gasteiger partial charge in [-0.3, -0.25) is 0 Å². The zero-order chi connectivity index (χ0) is 33.7. The summed E-state index contributed by atoms with van der Waals surface area (Å²) >= 11 is 0. The van der Waals surface area contributed by atoms with Crippen molar-refractivity contribution in [2.75, 3.05) is 0 Å². The lowest BCUT2D eigenvalue weighted by molar-refractivity contribution is 0.547. The van der Waals surface area contributed by atoms with Crippen molar-refractivity contribution >= 4 is 38.6 Å². The molecule has 0 N–H and O–H groups in total. The van der Waals surface area contributed by atoms with Crippen LogP contribution in [0.4, 0.5) is 0 Å². The lowest BCUT2D eigenvalue weighted by Gasteiger charge is -2.12. The molecule has 0 unspecified atom stereocenters. The van der Waals surface area contributed by atoms with Gasteiger partial charge in [0.2, 0.25) is 0 Å². The summed E-state index contributed by atoms with van der Waals surface area (Å²) in [6, 6.07) is 53.1. The number of aryl methyl sites for hydroxylation is 1. The van der Waals surface area contributed by atoms with E-state index in [9.17, 15) is 0 Å². The molecule has 240 valence electrons. The average Bonchev–Trinajstić information content (AvgIpc) is 3.60. The van der Waals surface area contributed by atoms with Crippen LogP contribution in [-0.4, -0.2) is 15.0 Å². The molecule has 4 nitrogen and oxygen atoms in total. The predicted molar refractivity (Wildman–Crippen MR) is 209 cm³/mol. The molecule has 0 radical (unpaired) electrons. The standard InChI is InChI=1S/C47H31N3O/c1-2-13-33(14-3-1)45-48-46(34-24-21-31(22-25-34)36-26-23-30-11-4-5-15-35(30)29-36)50-47(49-45)41-28-27-39(38-19-10-16-32-12-6-7-17-37(32)38)44-43(41)40-18-8-9-20-42(40)51-44/h1-8,10-19,21-29H,9,20H2. The van der Waals surface area contributed by atoms with E-state index >= 15 is 0 Å². The van der Waals surface area contributed by atoms with Crippen molar-refractivity contribution in [1.29, 1.82) is 0 Å². The number of hydrogen-bond acceptors (Lipinski definition) is 4. The smallest absolute Gasteiger partial charge is 0.164 e. The summed E-state index contributed by atoms with van der Waals surface area (Å²) in [4.78, 5) is 15.4. The van der Waals surface area contributed by atoms with Crippen LogP contribution in [0.5, 0.6) is 0 Å². The zero-order valence-electron chi connectivity index (χ0n) is 27.8. The maximum absolute atomic E-state index is 6.78. The first-order valence-electron chi connectivity index (χ1n) is 17.4. The summed E-state index contributed by atoms with van der Waals surface area (Å²) in [5.41, 5.74) is 9.30. The molecule has 7 aromatic carbocycles. The van der Waals surface area contributed by atoms with Gasteiger partial charge in [-0.2, -0.15) is 0 Å². The van der Waals surface area contributed by atoms with Gasteiger partial charge in [0.15, 0.2) is 17.5 Å². The predicted octanol–water partition coefficient (Wildman–Crippen LogP) is 12.2. The highest BCUT2D eigenvalue weighted by Gasteiger charge is 2.24. The zero-order valence-corrected chi connectivity index (χ0v) is 27.8. The Morgan fingerprint density at radius 3 is 1.94 bits per heavy atom.